The number of fused-ring (bicyclic) bond motifs is 1. The molecular weight excluding hydrogens is 301 g/mol. The Hall–Kier alpha value is -1.66. The van der Waals surface area contributed by atoms with E-state index in [0.717, 1.165) is 34.1 Å². The second-order valence-corrected chi connectivity index (χ2v) is 6.40. The van der Waals surface area contributed by atoms with Gasteiger partial charge in [0.2, 0.25) is 0 Å². The van der Waals surface area contributed by atoms with E-state index < -0.39 is 0 Å². The van der Waals surface area contributed by atoms with Crippen molar-refractivity contribution in [2.24, 2.45) is 0 Å². The average molecular weight is 319 g/mol. The van der Waals surface area contributed by atoms with Crippen molar-refractivity contribution < 1.29 is 9.13 Å². The maximum atomic E-state index is 13.6. The molecule has 0 saturated carbocycles. The molecule has 1 aliphatic heterocycles. The van der Waals surface area contributed by atoms with Crippen molar-refractivity contribution in [3.05, 3.63) is 47.2 Å². The summed E-state index contributed by atoms with van der Waals surface area (Å²) in [5.74, 6) is 2.21. The lowest BCUT2D eigenvalue weighted by atomic mass is 10.0. The van der Waals surface area contributed by atoms with Crippen LogP contribution in [0.25, 0.3) is 0 Å². The molecule has 2 aromatic rings. The van der Waals surface area contributed by atoms with E-state index in [4.69, 9.17) is 4.74 Å². The van der Waals surface area contributed by atoms with Crippen LogP contribution in [0, 0.1) is 12.7 Å². The van der Waals surface area contributed by atoms with Crippen LogP contribution in [0.15, 0.2) is 29.2 Å². The van der Waals surface area contributed by atoms with Crippen molar-refractivity contribution in [1.82, 2.24) is 9.97 Å². The van der Waals surface area contributed by atoms with Crippen molar-refractivity contribution in [2.45, 2.75) is 30.9 Å². The lowest BCUT2D eigenvalue weighted by molar-refractivity contribution is 0.177. The number of benzene rings is 1. The number of aryl methyl sites for hydroxylation is 1. The third-order valence-corrected chi connectivity index (χ3v) is 4.63. The Morgan fingerprint density at radius 2 is 2.23 bits per heavy atom. The molecule has 0 radical (unpaired) electrons. The number of nitrogens with one attached hydrogen (secondary N) is 1. The van der Waals surface area contributed by atoms with E-state index in [9.17, 15) is 4.39 Å². The summed E-state index contributed by atoms with van der Waals surface area (Å²) in [4.78, 5) is 9.93. The Morgan fingerprint density at radius 1 is 1.36 bits per heavy atom. The molecule has 116 valence electrons. The number of halogens is 1. The van der Waals surface area contributed by atoms with Gasteiger partial charge in [-0.15, -0.1) is 11.8 Å². The number of methoxy groups -OCH3 is 1. The third kappa shape index (κ3) is 3.39. The summed E-state index contributed by atoms with van der Waals surface area (Å²) in [6.45, 7) is 2.30. The van der Waals surface area contributed by atoms with Crippen LogP contribution in [0.5, 0.6) is 0 Å². The fourth-order valence-electron chi connectivity index (χ4n) is 2.59. The quantitative estimate of drug-likeness (QED) is 0.930. The fraction of sp³-hybridized carbons (Fsp3) is 0.375. The molecule has 0 spiro atoms. The molecule has 1 atom stereocenters. The van der Waals surface area contributed by atoms with E-state index >= 15 is 0 Å². The highest BCUT2D eigenvalue weighted by atomic mass is 32.2. The largest absolute Gasteiger partial charge is 0.377 e. The number of anilines is 1. The molecule has 1 N–H and O–H groups in total. The number of aromatic nitrogens is 2. The van der Waals surface area contributed by atoms with Gasteiger partial charge in [0.15, 0.2) is 5.82 Å². The van der Waals surface area contributed by atoms with Gasteiger partial charge in [0.25, 0.3) is 0 Å². The Balaban J connectivity index is 1.87. The molecule has 0 fully saturated rings. The minimum absolute atomic E-state index is 0.0663. The molecule has 1 aliphatic rings. The zero-order valence-corrected chi connectivity index (χ0v) is 13.4. The van der Waals surface area contributed by atoms with Gasteiger partial charge in [-0.1, -0.05) is 0 Å². The maximum Gasteiger partial charge on any atom is 0.156 e. The van der Waals surface area contributed by atoms with E-state index in [-0.39, 0.29) is 11.9 Å². The minimum Gasteiger partial charge on any atom is -0.377 e. The Morgan fingerprint density at radius 3 is 3.05 bits per heavy atom. The van der Waals surface area contributed by atoms with Gasteiger partial charge in [0.1, 0.15) is 18.2 Å². The highest BCUT2D eigenvalue weighted by molar-refractivity contribution is 7.99. The summed E-state index contributed by atoms with van der Waals surface area (Å²) >= 11 is 1.77. The van der Waals surface area contributed by atoms with Crippen LogP contribution in [-0.4, -0.2) is 22.8 Å². The van der Waals surface area contributed by atoms with E-state index in [1.807, 2.05) is 19.1 Å². The van der Waals surface area contributed by atoms with E-state index in [2.05, 4.69) is 15.3 Å². The van der Waals surface area contributed by atoms with Gasteiger partial charge in [-0.3, -0.25) is 0 Å². The van der Waals surface area contributed by atoms with Crippen molar-refractivity contribution in [2.75, 3.05) is 18.2 Å². The van der Waals surface area contributed by atoms with Gasteiger partial charge in [-0.25, -0.2) is 14.4 Å². The zero-order chi connectivity index (χ0) is 15.5. The van der Waals surface area contributed by atoms with Crippen molar-refractivity contribution in [1.29, 1.82) is 0 Å². The van der Waals surface area contributed by atoms with Gasteiger partial charge in [-0.05, 0) is 37.1 Å². The van der Waals surface area contributed by atoms with E-state index in [0.29, 0.717) is 12.4 Å². The number of thioether (sulfide) groups is 1. The first-order chi connectivity index (χ1) is 10.7. The number of hydrogen-bond acceptors (Lipinski definition) is 5. The topological polar surface area (TPSA) is 47.0 Å². The SMILES string of the molecule is COCc1nc(C)cc(NC2CCSc3ccc(F)cc32)n1. The smallest absolute Gasteiger partial charge is 0.156 e. The molecule has 0 bridgehead atoms. The number of nitrogens with zero attached hydrogens (tertiary/aromatic N) is 2. The second kappa shape index (κ2) is 6.62. The van der Waals surface area contributed by atoms with Gasteiger partial charge in [0.05, 0.1) is 6.04 Å². The standard InChI is InChI=1S/C16H18FN3OS/c1-10-7-15(20-16(18-10)9-21-2)19-13-5-6-22-14-4-3-11(17)8-12(13)14/h3-4,7-8,13H,5-6,9H2,1-2H3,(H,18,19,20). The lowest BCUT2D eigenvalue weighted by Gasteiger charge is -2.26. The van der Waals surface area contributed by atoms with Gasteiger partial charge < -0.3 is 10.1 Å². The van der Waals surface area contributed by atoms with Gasteiger partial charge >= 0.3 is 0 Å². The predicted octanol–water partition coefficient (Wildman–Crippen LogP) is 3.72. The van der Waals surface area contributed by atoms with Gasteiger partial charge in [0, 0.05) is 29.5 Å². The molecule has 22 heavy (non-hydrogen) atoms. The normalized spacial score (nSPS) is 17.1. The average Bonchev–Trinajstić information content (AvgIpc) is 2.48. The number of ether oxygens (including phenoxy) is 1. The molecule has 0 aliphatic carbocycles. The van der Waals surface area contributed by atoms with Crippen LogP contribution in [0.2, 0.25) is 0 Å². The van der Waals surface area contributed by atoms with Crippen molar-refractivity contribution >= 4 is 17.6 Å². The fourth-order valence-corrected chi connectivity index (χ4v) is 3.70. The highest BCUT2D eigenvalue weighted by Gasteiger charge is 2.21. The molecular formula is C16H18FN3OS. The first-order valence-electron chi connectivity index (χ1n) is 7.18. The van der Waals surface area contributed by atoms with E-state index in [1.165, 1.54) is 6.07 Å². The summed E-state index contributed by atoms with van der Waals surface area (Å²) in [5.41, 5.74) is 1.88. The van der Waals surface area contributed by atoms with Crippen LogP contribution < -0.4 is 5.32 Å². The monoisotopic (exact) mass is 319 g/mol. The summed E-state index contributed by atoms with van der Waals surface area (Å²) in [5, 5.41) is 3.42. The van der Waals surface area contributed by atoms with Crippen LogP contribution in [-0.2, 0) is 11.3 Å². The summed E-state index contributed by atoms with van der Waals surface area (Å²) in [6.07, 6.45) is 0.934. The van der Waals surface area contributed by atoms with Crippen molar-refractivity contribution in [3.63, 3.8) is 0 Å². The first kappa shape index (κ1) is 15.2. The molecule has 2 heterocycles. The molecule has 6 heteroatoms. The molecule has 4 nitrogen and oxygen atoms in total. The van der Waals surface area contributed by atoms with Crippen molar-refractivity contribution in [3.8, 4) is 0 Å². The Kier molecular flexibility index (Phi) is 4.59. The third-order valence-electron chi connectivity index (χ3n) is 3.51. The Bertz CT molecular complexity index is 680. The van der Waals surface area contributed by atoms with Crippen LogP contribution >= 0.6 is 11.8 Å². The summed E-state index contributed by atoms with van der Waals surface area (Å²) in [7, 11) is 1.62. The van der Waals surface area contributed by atoms with Gasteiger partial charge in [-0.2, -0.15) is 0 Å². The highest BCUT2D eigenvalue weighted by Crippen LogP contribution is 2.38. The molecule has 1 unspecified atom stereocenters. The lowest BCUT2D eigenvalue weighted by Crippen LogP contribution is -2.18. The summed E-state index contributed by atoms with van der Waals surface area (Å²) < 4.78 is 18.7. The predicted molar refractivity (Wildman–Crippen MR) is 85.6 cm³/mol. The minimum atomic E-state index is -0.202. The first-order valence-corrected chi connectivity index (χ1v) is 8.16. The zero-order valence-electron chi connectivity index (χ0n) is 12.6. The van der Waals surface area contributed by atoms with Crippen LogP contribution in [0.1, 0.15) is 29.5 Å². The molecule has 0 amide bonds. The van der Waals surface area contributed by atoms with E-state index in [1.54, 1.807) is 24.9 Å². The maximum absolute atomic E-state index is 13.6. The number of hydrogen-bond donors (Lipinski definition) is 1. The molecule has 3 rings (SSSR count). The van der Waals surface area contributed by atoms with Crippen LogP contribution in [0.4, 0.5) is 10.2 Å². The van der Waals surface area contributed by atoms with Crippen LogP contribution in [0.3, 0.4) is 0 Å². The molecule has 1 aromatic heterocycles. The second-order valence-electron chi connectivity index (χ2n) is 5.26. The number of rotatable bonds is 4. The molecule has 1 aromatic carbocycles. The summed E-state index contributed by atoms with van der Waals surface area (Å²) in [6, 6.07) is 6.95. The Labute approximate surface area is 133 Å². The molecule has 0 saturated heterocycles.